The summed E-state index contributed by atoms with van der Waals surface area (Å²) in [5.74, 6) is -2.14. The van der Waals surface area contributed by atoms with Crippen molar-refractivity contribution in [1.82, 2.24) is 16.0 Å². The third kappa shape index (κ3) is 5.80. The standard InChI is InChI=1S/C9H16N4O5/c1-5(12-4-15)8(17)13-6(3-14)9(18)11-2-7(10)16/h4-6,14H,2-3H2,1H3,(H2,10,16)(H,11,18)(H,12,15)(H,13,17). The molecule has 0 heterocycles. The number of hydrogen-bond donors (Lipinski definition) is 5. The molecule has 2 atom stereocenters. The van der Waals surface area contributed by atoms with Crippen LogP contribution in [-0.4, -0.2) is 54.5 Å². The molecule has 6 N–H and O–H groups in total. The topological polar surface area (TPSA) is 151 Å². The van der Waals surface area contributed by atoms with E-state index in [4.69, 9.17) is 10.8 Å². The Labute approximate surface area is 103 Å². The number of aliphatic hydroxyl groups excluding tert-OH is 1. The quantitative estimate of drug-likeness (QED) is 0.283. The molecule has 9 nitrogen and oxygen atoms in total. The largest absolute Gasteiger partial charge is 0.394 e. The van der Waals surface area contributed by atoms with Crippen LogP contribution in [0.25, 0.3) is 0 Å². The highest BCUT2D eigenvalue weighted by Crippen LogP contribution is 1.87. The summed E-state index contributed by atoms with van der Waals surface area (Å²) in [6.45, 7) is 0.358. The van der Waals surface area contributed by atoms with Gasteiger partial charge in [-0.2, -0.15) is 0 Å². The van der Waals surface area contributed by atoms with Gasteiger partial charge in [0, 0.05) is 0 Å². The second kappa shape index (κ2) is 8.01. The van der Waals surface area contributed by atoms with Crippen LogP contribution in [0.15, 0.2) is 0 Å². The van der Waals surface area contributed by atoms with Crippen LogP contribution >= 0.6 is 0 Å². The smallest absolute Gasteiger partial charge is 0.245 e. The van der Waals surface area contributed by atoms with Crippen LogP contribution in [0.4, 0.5) is 0 Å². The molecule has 0 radical (unpaired) electrons. The molecule has 0 rings (SSSR count). The lowest BCUT2D eigenvalue weighted by molar-refractivity contribution is -0.132. The summed E-state index contributed by atoms with van der Waals surface area (Å²) >= 11 is 0. The minimum Gasteiger partial charge on any atom is -0.394 e. The lowest BCUT2D eigenvalue weighted by Crippen LogP contribution is -2.54. The Morgan fingerprint density at radius 3 is 2.39 bits per heavy atom. The minimum atomic E-state index is -1.22. The summed E-state index contributed by atoms with van der Waals surface area (Å²) in [6, 6.07) is -2.06. The van der Waals surface area contributed by atoms with Crippen molar-refractivity contribution in [1.29, 1.82) is 0 Å². The zero-order valence-corrected chi connectivity index (χ0v) is 9.80. The van der Waals surface area contributed by atoms with Gasteiger partial charge in [-0.1, -0.05) is 0 Å². The molecule has 4 amide bonds. The van der Waals surface area contributed by atoms with Gasteiger partial charge >= 0.3 is 0 Å². The lowest BCUT2D eigenvalue weighted by Gasteiger charge is -2.18. The third-order valence-electron chi connectivity index (χ3n) is 1.96. The minimum absolute atomic E-state index is 0.339. The average Bonchev–Trinajstić information content (AvgIpc) is 2.32. The van der Waals surface area contributed by atoms with E-state index in [0.29, 0.717) is 6.41 Å². The summed E-state index contributed by atoms with van der Waals surface area (Å²) in [5, 5.41) is 15.5. The molecule has 18 heavy (non-hydrogen) atoms. The number of nitrogens with one attached hydrogen (secondary N) is 3. The zero-order chi connectivity index (χ0) is 14.1. The van der Waals surface area contributed by atoms with E-state index in [-0.39, 0.29) is 0 Å². The molecular formula is C9H16N4O5. The van der Waals surface area contributed by atoms with Crippen molar-refractivity contribution in [2.24, 2.45) is 5.73 Å². The molecule has 0 saturated carbocycles. The van der Waals surface area contributed by atoms with Crippen LogP contribution in [0.1, 0.15) is 6.92 Å². The van der Waals surface area contributed by atoms with Crippen molar-refractivity contribution in [3.05, 3.63) is 0 Å². The summed E-state index contributed by atoms with van der Waals surface area (Å²) in [6.07, 6.45) is 0.339. The summed E-state index contributed by atoms with van der Waals surface area (Å²) in [4.78, 5) is 43.4. The van der Waals surface area contributed by atoms with Crippen molar-refractivity contribution in [2.75, 3.05) is 13.2 Å². The first-order chi connectivity index (χ1) is 8.42. The molecule has 0 aliphatic rings. The number of hydrogen-bond acceptors (Lipinski definition) is 5. The SMILES string of the molecule is CC(NC=O)C(=O)NC(CO)C(=O)NCC(N)=O. The molecule has 0 aliphatic heterocycles. The Kier molecular flexibility index (Phi) is 7.05. The van der Waals surface area contributed by atoms with E-state index in [9.17, 15) is 19.2 Å². The lowest BCUT2D eigenvalue weighted by atomic mass is 10.2. The predicted octanol–water partition coefficient (Wildman–Crippen LogP) is -3.80. The van der Waals surface area contributed by atoms with E-state index in [1.165, 1.54) is 6.92 Å². The Bertz CT molecular complexity index is 333. The van der Waals surface area contributed by atoms with Gasteiger partial charge < -0.3 is 26.8 Å². The molecule has 2 unspecified atom stereocenters. The van der Waals surface area contributed by atoms with Gasteiger partial charge in [-0.15, -0.1) is 0 Å². The van der Waals surface area contributed by atoms with Crippen molar-refractivity contribution < 1.29 is 24.3 Å². The highest BCUT2D eigenvalue weighted by Gasteiger charge is 2.22. The van der Waals surface area contributed by atoms with Gasteiger partial charge in [-0.3, -0.25) is 19.2 Å². The fraction of sp³-hybridized carbons (Fsp3) is 0.556. The normalized spacial score (nSPS) is 13.0. The molecule has 9 heteroatoms. The van der Waals surface area contributed by atoms with Crippen molar-refractivity contribution in [3.8, 4) is 0 Å². The molecule has 0 aromatic rings. The monoisotopic (exact) mass is 260 g/mol. The first kappa shape index (κ1) is 15.8. The van der Waals surface area contributed by atoms with Gasteiger partial charge in [0.15, 0.2) is 0 Å². The fourth-order valence-electron chi connectivity index (χ4n) is 0.966. The maximum absolute atomic E-state index is 11.4. The van der Waals surface area contributed by atoms with Gasteiger partial charge in [0.1, 0.15) is 12.1 Å². The number of aliphatic hydroxyl groups is 1. The summed E-state index contributed by atoms with van der Waals surface area (Å²) in [7, 11) is 0. The van der Waals surface area contributed by atoms with E-state index in [1.807, 2.05) is 0 Å². The fourth-order valence-corrected chi connectivity index (χ4v) is 0.966. The van der Waals surface area contributed by atoms with E-state index in [1.54, 1.807) is 0 Å². The number of rotatable bonds is 8. The third-order valence-corrected chi connectivity index (χ3v) is 1.96. The Hall–Kier alpha value is -2.16. The van der Waals surface area contributed by atoms with E-state index in [2.05, 4.69) is 16.0 Å². The number of amides is 4. The van der Waals surface area contributed by atoms with Crippen LogP contribution in [0.3, 0.4) is 0 Å². The molecule has 0 aromatic carbocycles. The highest BCUT2D eigenvalue weighted by molar-refractivity contribution is 5.92. The Balaban J connectivity index is 4.32. The van der Waals surface area contributed by atoms with Gasteiger partial charge in [-0.05, 0) is 6.92 Å². The zero-order valence-electron chi connectivity index (χ0n) is 9.80. The van der Waals surface area contributed by atoms with E-state index >= 15 is 0 Å². The predicted molar refractivity (Wildman–Crippen MR) is 59.9 cm³/mol. The van der Waals surface area contributed by atoms with Gasteiger partial charge in [0.05, 0.1) is 13.2 Å². The Morgan fingerprint density at radius 1 is 1.33 bits per heavy atom. The average molecular weight is 260 g/mol. The van der Waals surface area contributed by atoms with Crippen LogP contribution in [0.5, 0.6) is 0 Å². The first-order valence-electron chi connectivity index (χ1n) is 5.09. The highest BCUT2D eigenvalue weighted by atomic mass is 16.3. The molecular weight excluding hydrogens is 244 g/mol. The van der Waals surface area contributed by atoms with Crippen LogP contribution < -0.4 is 21.7 Å². The van der Waals surface area contributed by atoms with E-state index in [0.717, 1.165) is 0 Å². The summed E-state index contributed by atoms with van der Waals surface area (Å²) < 4.78 is 0. The Morgan fingerprint density at radius 2 is 1.94 bits per heavy atom. The maximum atomic E-state index is 11.4. The van der Waals surface area contributed by atoms with Crippen molar-refractivity contribution >= 4 is 24.1 Å². The van der Waals surface area contributed by atoms with Gasteiger partial charge in [-0.25, -0.2) is 0 Å². The van der Waals surface area contributed by atoms with Gasteiger partial charge in [0.2, 0.25) is 24.1 Å². The number of primary amides is 1. The van der Waals surface area contributed by atoms with E-state index < -0.39 is 43.0 Å². The van der Waals surface area contributed by atoms with Crippen molar-refractivity contribution in [2.45, 2.75) is 19.0 Å². The second-order valence-electron chi connectivity index (χ2n) is 3.43. The second-order valence-corrected chi connectivity index (χ2v) is 3.43. The molecule has 0 fully saturated rings. The molecule has 0 aromatic heterocycles. The molecule has 0 spiro atoms. The molecule has 0 saturated heterocycles. The number of nitrogens with two attached hydrogens (primary N) is 1. The van der Waals surface area contributed by atoms with Crippen molar-refractivity contribution in [3.63, 3.8) is 0 Å². The first-order valence-corrected chi connectivity index (χ1v) is 5.09. The van der Waals surface area contributed by atoms with Crippen LogP contribution in [-0.2, 0) is 19.2 Å². The van der Waals surface area contributed by atoms with Crippen LogP contribution in [0.2, 0.25) is 0 Å². The summed E-state index contributed by atoms with van der Waals surface area (Å²) in [5.41, 5.74) is 4.82. The number of carbonyl (C=O) groups excluding carboxylic acids is 4. The maximum Gasteiger partial charge on any atom is 0.245 e. The van der Waals surface area contributed by atoms with Gasteiger partial charge in [0.25, 0.3) is 0 Å². The molecule has 102 valence electrons. The molecule has 0 aliphatic carbocycles. The van der Waals surface area contributed by atoms with Crippen LogP contribution in [0, 0.1) is 0 Å². The molecule has 0 bridgehead atoms. The number of carbonyl (C=O) groups is 4.